The number of pyridine rings is 1. The predicted octanol–water partition coefficient (Wildman–Crippen LogP) is 3.35. The van der Waals surface area contributed by atoms with E-state index in [1.165, 1.54) is 12.1 Å². The fourth-order valence-corrected chi connectivity index (χ4v) is 3.19. The standard InChI is InChI=1S/C20H25F2N5.HI/c1-2-24-20(25-10-7-15-4-3-9-23-13-15)26-17-8-11-27(14-17)19-6-5-16(21)12-18(19)22;/h3-6,9,12-13,17H,2,7-8,10-11,14H2,1H3,(H2,24,25,26);1H. The van der Waals surface area contributed by atoms with Crippen molar-refractivity contribution in [1.82, 2.24) is 15.6 Å². The molecule has 0 saturated carbocycles. The Morgan fingerprint density at radius 3 is 2.89 bits per heavy atom. The average molecular weight is 501 g/mol. The summed E-state index contributed by atoms with van der Waals surface area (Å²) < 4.78 is 27.1. The Balaban J connectivity index is 0.00000280. The fourth-order valence-electron chi connectivity index (χ4n) is 3.19. The lowest BCUT2D eigenvalue weighted by Gasteiger charge is -2.21. The molecule has 2 aromatic rings. The number of hydrogen-bond donors (Lipinski definition) is 2. The summed E-state index contributed by atoms with van der Waals surface area (Å²) in [5.41, 5.74) is 1.59. The molecule has 1 atom stereocenters. The first-order valence-electron chi connectivity index (χ1n) is 9.29. The van der Waals surface area contributed by atoms with E-state index in [-0.39, 0.29) is 30.0 Å². The number of nitrogens with one attached hydrogen (secondary N) is 2. The summed E-state index contributed by atoms with van der Waals surface area (Å²) in [6.45, 7) is 4.81. The summed E-state index contributed by atoms with van der Waals surface area (Å²) in [7, 11) is 0. The third-order valence-electron chi connectivity index (χ3n) is 4.52. The Bertz CT molecular complexity index is 772. The van der Waals surface area contributed by atoms with E-state index in [0.29, 0.717) is 18.8 Å². The van der Waals surface area contributed by atoms with E-state index in [9.17, 15) is 8.78 Å². The van der Waals surface area contributed by atoms with Crippen LogP contribution in [0.1, 0.15) is 18.9 Å². The van der Waals surface area contributed by atoms with E-state index in [1.54, 1.807) is 6.20 Å². The lowest BCUT2D eigenvalue weighted by Crippen LogP contribution is -2.44. The highest BCUT2D eigenvalue weighted by Gasteiger charge is 2.25. The summed E-state index contributed by atoms with van der Waals surface area (Å²) in [5, 5.41) is 6.67. The molecule has 28 heavy (non-hydrogen) atoms. The second kappa shape index (κ2) is 11.1. The van der Waals surface area contributed by atoms with Crippen LogP contribution in [0.2, 0.25) is 0 Å². The van der Waals surface area contributed by atoms with E-state index in [1.807, 2.05) is 30.2 Å². The van der Waals surface area contributed by atoms with Gasteiger partial charge in [-0.3, -0.25) is 9.98 Å². The second-order valence-electron chi connectivity index (χ2n) is 6.54. The van der Waals surface area contributed by atoms with E-state index in [2.05, 4.69) is 20.6 Å². The minimum absolute atomic E-state index is 0. The average Bonchev–Trinajstić information content (AvgIpc) is 3.11. The van der Waals surface area contributed by atoms with Crippen molar-refractivity contribution in [3.05, 3.63) is 59.9 Å². The number of halogens is 3. The van der Waals surface area contributed by atoms with Gasteiger partial charge in [-0.2, -0.15) is 0 Å². The maximum atomic E-state index is 14.0. The zero-order valence-electron chi connectivity index (χ0n) is 15.9. The molecule has 1 aromatic heterocycles. The van der Waals surface area contributed by atoms with E-state index < -0.39 is 11.6 Å². The van der Waals surface area contributed by atoms with Crippen LogP contribution >= 0.6 is 24.0 Å². The highest BCUT2D eigenvalue weighted by Crippen LogP contribution is 2.24. The van der Waals surface area contributed by atoms with Crippen LogP contribution in [0.5, 0.6) is 0 Å². The van der Waals surface area contributed by atoms with Crippen molar-refractivity contribution >= 4 is 35.6 Å². The fraction of sp³-hybridized carbons (Fsp3) is 0.400. The van der Waals surface area contributed by atoms with Crippen LogP contribution in [0.15, 0.2) is 47.7 Å². The summed E-state index contributed by atoms with van der Waals surface area (Å²) >= 11 is 0. The molecular weight excluding hydrogens is 475 g/mol. The molecule has 0 spiro atoms. The van der Waals surface area contributed by atoms with Crippen molar-refractivity contribution in [2.75, 3.05) is 31.1 Å². The van der Waals surface area contributed by atoms with Gasteiger partial charge in [0.15, 0.2) is 5.96 Å². The molecule has 1 fully saturated rings. The van der Waals surface area contributed by atoms with Crippen molar-refractivity contribution in [1.29, 1.82) is 0 Å². The van der Waals surface area contributed by atoms with Gasteiger partial charge in [0, 0.05) is 50.7 Å². The predicted molar refractivity (Wildman–Crippen MR) is 119 cm³/mol. The molecule has 1 aliphatic heterocycles. The first-order valence-corrected chi connectivity index (χ1v) is 9.29. The Labute approximate surface area is 181 Å². The molecule has 0 radical (unpaired) electrons. The maximum Gasteiger partial charge on any atom is 0.191 e. The molecule has 1 aliphatic rings. The van der Waals surface area contributed by atoms with Crippen LogP contribution in [0, 0.1) is 11.6 Å². The molecule has 152 valence electrons. The van der Waals surface area contributed by atoms with Gasteiger partial charge in [-0.25, -0.2) is 8.78 Å². The summed E-state index contributed by atoms with van der Waals surface area (Å²) in [5.74, 6) is -0.319. The molecule has 1 aromatic carbocycles. The first kappa shape index (κ1) is 22.3. The normalized spacial score (nSPS) is 16.6. The smallest absolute Gasteiger partial charge is 0.191 e. The summed E-state index contributed by atoms with van der Waals surface area (Å²) in [6, 6.07) is 7.84. The SMILES string of the molecule is CCNC(=NCCc1cccnc1)NC1CCN(c2ccc(F)cc2F)C1.I. The summed E-state index contributed by atoms with van der Waals surface area (Å²) in [4.78, 5) is 10.7. The molecule has 8 heteroatoms. The number of nitrogens with zero attached hydrogens (tertiary/aromatic N) is 3. The van der Waals surface area contributed by atoms with Gasteiger partial charge in [-0.15, -0.1) is 24.0 Å². The largest absolute Gasteiger partial charge is 0.367 e. The molecule has 2 N–H and O–H groups in total. The molecule has 0 amide bonds. The zero-order valence-corrected chi connectivity index (χ0v) is 18.2. The number of benzene rings is 1. The zero-order chi connectivity index (χ0) is 19.1. The van der Waals surface area contributed by atoms with Gasteiger partial charge in [-0.1, -0.05) is 6.07 Å². The molecule has 2 heterocycles. The Morgan fingerprint density at radius 1 is 1.32 bits per heavy atom. The number of guanidine groups is 1. The quantitative estimate of drug-likeness (QED) is 0.362. The molecule has 1 saturated heterocycles. The van der Waals surface area contributed by atoms with Crippen LogP contribution in [-0.4, -0.2) is 43.2 Å². The number of aromatic nitrogens is 1. The van der Waals surface area contributed by atoms with Gasteiger partial charge < -0.3 is 15.5 Å². The Hall–Kier alpha value is -1.97. The van der Waals surface area contributed by atoms with Crippen molar-refractivity contribution in [2.24, 2.45) is 4.99 Å². The third-order valence-corrected chi connectivity index (χ3v) is 4.52. The van der Waals surface area contributed by atoms with Gasteiger partial charge in [0.25, 0.3) is 0 Å². The van der Waals surface area contributed by atoms with Crippen molar-refractivity contribution in [2.45, 2.75) is 25.8 Å². The van der Waals surface area contributed by atoms with Crippen molar-refractivity contribution in [3.8, 4) is 0 Å². The van der Waals surface area contributed by atoms with E-state index in [0.717, 1.165) is 43.5 Å². The van der Waals surface area contributed by atoms with Crippen LogP contribution in [0.25, 0.3) is 0 Å². The second-order valence-corrected chi connectivity index (χ2v) is 6.54. The summed E-state index contributed by atoms with van der Waals surface area (Å²) in [6.07, 6.45) is 5.29. The Morgan fingerprint density at radius 2 is 2.18 bits per heavy atom. The van der Waals surface area contributed by atoms with E-state index >= 15 is 0 Å². The van der Waals surface area contributed by atoms with Crippen LogP contribution in [0.3, 0.4) is 0 Å². The maximum absolute atomic E-state index is 14.0. The van der Waals surface area contributed by atoms with Gasteiger partial charge in [0.05, 0.1) is 5.69 Å². The van der Waals surface area contributed by atoms with E-state index in [4.69, 9.17) is 0 Å². The molecule has 3 rings (SSSR count). The number of hydrogen-bond acceptors (Lipinski definition) is 3. The molecular formula is C20H26F2IN5. The first-order chi connectivity index (χ1) is 13.2. The van der Waals surface area contributed by atoms with Gasteiger partial charge in [0.1, 0.15) is 11.6 Å². The monoisotopic (exact) mass is 501 g/mol. The van der Waals surface area contributed by atoms with Gasteiger partial charge in [0.2, 0.25) is 0 Å². The van der Waals surface area contributed by atoms with Crippen molar-refractivity contribution in [3.63, 3.8) is 0 Å². The molecule has 1 unspecified atom stereocenters. The van der Waals surface area contributed by atoms with Crippen LogP contribution < -0.4 is 15.5 Å². The number of aliphatic imine (C=N–C) groups is 1. The number of anilines is 1. The van der Waals surface area contributed by atoms with Crippen LogP contribution in [-0.2, 0) is 6.42 Å². The minimum Gasteiger partial charge on any atom is -0.367 e. The molecule has 5 nitrogen and oxygen atoms in total. The van der Waals surface area contributed by atoms with Crippen LogP contribution in [0.4, 0.5) is 14.5 Å². The lowest BCUT2D eigenvalue weighted by atomic mass is 10.2. The third kappa shape index (κ3) is 6.29. The van der Waals surface area contributed by atoms with Gasteiger partial charge in [-0.05, 0) is 43.5 Å². The molecule has 0 bridgehead atoms. The highest BCUT2D eigenvalue weighted by atomic mass is 127. The lowest BCUT2D eigenvalue weighted by molar-refractivity contribution is 0.580. The minimum atomic E-state index is -0.555. The molecule has 0 aliphatic carbocycles. The topological polar surface area (TPSA) is 52.6 Å². The Kier molecular flexibility index (Phi) is 8.88. The van der Waals surface area contributed by atoms with Crippen molar-refractivity contribution < 1.29 is 8.78 Å². The number of rotatable bonds is 6. The highest BCUT2D eigenvalue weighted by molar-refractivity contribution is 14.0. The van der Waals surface area contributed by atoms with Gasteiger partial charge >= 0.3 is 0 Å².